The largest absolute Gasteiger partial charge is 0.309 e. The molecule has 0 aliphatic carbocycles. The summed E-state index contributed by atoms with van der Waals surface area (Å²) >= 11 is 0. The first-order valence-electron chi connectivity index (χ1n) is 20.7. The predicted octanol–water partition coefficient (Wildman–Crippen LogP) is 15.7. The lowest BCUT2D eigenvalue weighted by Gasteiger charge is -2.14. The Hall–Kier alpha value is -7.94. The smallest absolute Gasteiger partial charge is 0.0541 e. The van der Waals surface area contributed by atoms with Gasteiger partial charge >= 0.3 is 0 Å². The van der Waals surface area contributed by atoms with E-state index < -0.39 is 0 Å². The van der Waals surface area contributed by atoms with Crippen LogP contribution in [0.4, 0.5) is 0 Å². The first-order chi connectivity index (χ1) is 29.8. The van der Waals surface area contributed by atoms with E-state index in [-0.39, 0.29) is 0 Å². The highest BCUT2D eigenvalue weighted by molar-refractivity contribution is 6.15. The van der Waals surface area contributed by atoms with Gasteiger partial charge in [-0.2, -0.15) is 0 Å². The molecule has 0 radical (unpaired) electrons. The Morgan fingerprint density at radius 3 is 1.05 bits per heavy atom. The zero-order valence-corrected chi connectivity index (χ0v) is 32.8. The van der Waals surface area contributed by atoms with Crippen LogP contribution in [0.15, 0.2) is 231 Å². The topological polar surface area (TPSA) is 9.86 Å². The van der Waals surface area contributed by atoms with Gasteiger partial charge < -0.3 is 9.13 Å². The van der Waals surface area contributed by atoms with Crippen LogP contribution in [0, 0.1) is 0 Å². The lowest BCUT2D eigenvalue weighted by molar-refractivity contribution is 1.18. The molecule has 2 nitrogen and oxygen atoms in total. The SMILES string of the molecule is c1ccc(-c2ccc(-n3c4ccccc4c4cc(-c5cccc6cccc(-c7ccc8c(c7)c7ccccc7n8-c7ccc(-c8ccccc8)cc7)c56)ccc43)cc2)cc1. The summed E-state index contributed by atoms with van der Waals surface area (Å²) < 4.78 is 4.81. The second-order valence-corrected chi connectivity index (χ2v) is 15.7. The minimum absolute atomic E-state index is 1.15. The summed E-state index contributed by atoms with van der Waals surface area (Å²) in [6.45, 7) is 0. The molecule has 0 fully saturated rings. The fourth-order valence-corrected chi connectivity index (χ4v) is 9.53. The Morgan fingerprint density at radius 1 is 0.233 bits per heavy atom. The van der Waals surface area contributed by atoms with Crippen LogP contribution in [-0.4, -0.2) is 9.13 Å². The molecule has 280 valence electrons. The number of aromatic nitrogens is 2. The summed E-state index contributed by atoms with van der Waals surface area (Å²) in [7, 11) is 0. The minimum Gasteiger partial charge on any atom is -0.309 e. The van der Waals surface area contributed by atoms with Crippen molar-refractivity contribution in [2.24, 2.45) is 0 Å². The number of nitrogens with zero attached hydrogens (tertiary/aromatic N) is 2. The molecule has 12 rings (SSSR count). The van der Waals surface area contributed by atoms with Crippen molar-refractivity contribution in [3.8, 4) is 55.9 Å². The highest BCUT2D eigenvalue weighted by atomic mass is 15.0. The first-order valence-corrected chi connectivity index (χ1v) is 20.7. The highest BCUT2D eigenvalue weighted by Crippen LogP contribution is 2.42. The van der Waals surface area contributed by atoms with Gasteiger partial charge in [0.15, 0.2) is 0 Å². The minimum atomic E-state index is 1.15. The van der Waals surface area contributed by atoms with Gasteiger partial charge in [0.25, 0.3) is 0 Å². The molecule has 60 heavy (non-hydrogen) atoms. The standard InChI is InChI=1S/C58H38N2/c1-3-13-39(14-4-1)41-25-31-46(32-26-41)59-54-23-9-7-19-50(54)52-37-44(29-35-56(52)59)48-21-11-17-43-18-12-22-49(58(43)48)45-30-36-57-53(38-45)51-20-8-10-24-55(51)60(57)47-33-27-42(28-34-47)40-15-5-2-6-16-40/h1-38H. The average Bonchev–Trinajstić information content (AvgIpc) is 3.84. The average molecular weight is 763 g/mol. The van der Waals surface area contributed by atoms with Gasteiger partial charge in [-0.3, -0.25) is 0 Å². The van der Waals surface area contributed by atoms with E-state index in [1.807, 2.05) is 0 Å². The second-order valence-electron chi connectivity index (χ2n) is 15.7. The third-order valence-electron chi connectivity index (χ3n) is 12.3. The molecule has 0 N–H and O–H groups in total. The molecule has 12 aromatic rings. The molecular weight excluding hydrogens is 725 g/mol. The van der Waals surface area contributed by atoms with Crippen LogP contribution >= 0.6 is 0 Å². The number of para-hydroxylation sites is 2. The Balaban J connectivity index is 0.987. The van der Waals surface area contributed by atoms with E-state index in [1.54, 1.807) is 0 Å². The fraction of sp³-hybridized carbons (Fsp3) is 0. The summed E-state index contributed by atoms with van der Waals surface area (Å²) in [5.74, 6) is 0. The van der Waals surface area contributed by atoms with Crippen LogP contribution in [0.1, 0.15) is 0 Å². The summed E-state index contributed by atoms with van der Waals surface area (Å²) in [6, 6.07) is 84.2. The molecular formula is C58H38N2. The van der Waals surface area contributed by atoms with Crippen LogP contribution < -0.4 is 0 Å². The van der Waals surface area contributed by atoms with Crippen molar-refractivity contribution in [3.05, 3.63) is 231 Å². The van der Waals surface area contributed by atoms with Crippen molar-refractivity contribution in [2.45, 2.75) is 0 Å². The van der Waals surface area contributed by atoms with Gasteiger partial charge in [0.2, 0.25) is 0 Å². The van der Waals surface area contributed by atoms with Gasteiger partial charge in [-0.25, -0.2) is 0 Å². The zero-order chi connectivity index (χ0) is 39.6. The lowest BCUT2D eigenvalue weighted by atomic mass is 9.90. The lowest BCUT2D eigenvalue weighted by Crippen LogP contribution is -1.94. The van der Waals surface area contributed by atoms with Crippen molar-refractivity contribution in [1.82, 2.24) is 9.13 Å². The van der Waals surface area contributed by atoms with Gasteiger partial charge in [-0.05, 0) is 116 Å². The summed E-state index contributed by atoms with van der Waals surface area (Å²) in [6.07, 6.45) is 0. The molecule has 0 aliphatic heterocycles. The number of hydrogen-bond acceptors (Lipinski definition) is 0. The van der Waals surface area contributed by atoms with E-state index in [2.05, 4.69) is 240 Å². The van der Waals surface area contributed by atoms with E-state index in [4.69, 9.17) is 0 Å². The second kappa shape index (κ2) is 13.9. The van der Waals surface area contributed by atoms with Gasteiger partial charge in [0.05, 0.1) is 22.1 Å². The van der Waals surface area contributed by atoms with Crippen molar-refractivity contribution in [1.29, 1.82) is 0 Å². The number of fused-ring (bicyclic) bond motifs is 7. The van der Waals surface area contributed by atoms with E-state index in [9.17, 15) is 0 Å². The Morgan fingerprint density at radius 2 is 0.600 bits per heavy atom. The van der Waals surface area contributed by atoms with Crippen molar-refractivity contribution in [2.75, 3.05) is 0 Å². The molecule has 2 aromatic heterocycles. The molecule has 0 spiro atoms. The number of rotatable bonds is 6. The quantitative estimate of drug-likeness (QED) is 0.160. The Labute approximate surface area is 348 Å². The molecule has 0 saturated carbocycles. The van der Waals surface area contributed by atoms with Gasteiger partial charge in [0.1, 0.15) is 0 Å². The van der Waals surface area contributed by atoms with Gasteiger partial charge in [0, 0.05) is 32.9 Å². The first kappa shape index (κ1) is 34.1. The normalized spacial score (nSPS) is 11.7. The molecule has 2 heterocycles. The third kappa shape index (κ3) is 5.50. The monoisotopic (exact) mass is 762 g/mol. The molecule has 0 amide bonds. The highest BCUT2D eigenvalue weighted by Gasteiger charge is 2.18. The van der Waals surface area contributed by atoms with E-state index in [1.165, 1.54) is 98.9 Å². The third-order valence-corrected chi connectivity index (χ3v) is 12.3. The number of benzene rings is 10. The van der Waals surface area contributed by atoms with E-state index in [0.717, 1.165) is 11.4 Å². The summed E-state index contributed by atoms with van der Waals surface area (Å²) in [5.41, 5.74) is 16.9. The van der Waals surface area contributed by atoms with Crippen LogP contribution in [0.25, 0.3) is 110 Å². The molecule has 0 unspecified atom stereocenters. The van der Waals surface area contributed by atoms with Crippen molar-refractivity contribution in [3.63, 3.8) is 0 Å². The molecule has 0 saturated heterocycles. The fourth-order valence-electron chi connectivity index (χ4n) is 9.53. The molecule has 2 heteroatoms. The van der Waals surface area contributed by atoms with E-state index in [0.29, 0.717) is 0 Å². The summed E-state index contributed by atoms with van der Waals surface area (Å²) in [4.78, 5) is 0. The Bertz CT molecular complexity index is 3320. The van der Waals surface area contributed by atoms with Crippen LogP contribution in [0.5, 0.6) is 0 Å². The molecule has 10 aromatic carbocycles. The maximum atomic E-state index is 2.40. The maximum Gasteiger partial charge on any atom is 0.0541 e. The number of hydrogen-bond donors (Lipinski definition) is 0. The molecule has 0 atom stereocenters. The maximum absolute atomic E-state index is 2.40. The molecule has 0 bridgehead atoms. The van der Waals surface area contributed by atoms with Crippen LogP contribution in [0.3, 0.4) is 0 Å². The zero-order valence-electron chi connectivity index (χ0n) is 32.8. The van der Waals surface area contributed by atoms with E-state index >= 15 is 0 Å². The van der Waals surface area contributed by atoms with Gasteiger partial charge in [-0.1, -0.05) is 170 Å². The van der Waals surface area contributed by atoms with Gasteiger partial charge in [-0.15, -0.1) is 0 Å². The van der Waals surface area contributed by atoms with Crippen molar-refractivity contribution >= 4 is 54.4 Å². The molecule has 0 aliphatic rings. The Kier molecular flexibility index (Phi) is 7.89. The van der Waals surface area contributed by atoms with Crippen LogP contribution in [-0.2, 0) is 0 Å². The van der Waals surface area contributed by atoms with Crippen LogP contribution in [0.2, 0.25) is 0 Å². The predicted molar refractivity (Wildman–Crippen MR) is 254 cm³/mol. The summed E-state index contributed by atoms with van der Waals surface area (Å²) in [5, 5.41) is 7.48. The van der Waals surface area contributed by atoms with Crippen molar-refractivity contribution < 1.29 is 0 Å².